The largest absolute Gasteiger partial charge is 0.332 e. The Hall–Kier alpha value is -2.38. The highest BCUT2D eigenvalue weighted by Gasteiger charge is 2.14. The smallest absolute Gasteiger partial charge is 0.328 e. The van der Waals surface area contributed by atoms with Crippen LogP contribution >= 0.6 is 11.6 Å². The molecule has 8 heteroatoms. The molecule has 3 aromatic rings. The van der Waals surface area contributed by atoms with Crippen LogP contribution in [0.4, 0.5) is 0 Å². The molecule has 26 heavy (non-hydrogen) atoms. The Morgan fingerprint density at radius 1 is 1.19 bits per heavy atom. The molecule has 0 radical (unpaired) electrons. The number of imidazole rings is 1. The van der Waals surface area contributed by atoms with Gasteiger partial charge in [0.25, 0.3) is 5.56 Å². The van der Waals surface area contributed by atoms with Gasteiger partial charge in [0.05, 0.1) is 6.33 Å². The predicted octanol–water partition coefficient (Wildman–Crippen LogP) is 1.61. The van der Waals surface area contributed by atoms with E-state index in [9.17, 15) is 9.59 Å². The van der Waals surface area contributed by atoms with Crippen molar-refractivity contribution in [2.45, 2.75) is 19.5 Å². The first-order valence-electron chi connectivity index (χ1n) is 8.43. The van der Waals surface area contributed by atoms with Gasteiger partial charge in [-0.05, 0) is 31.6 Å². The molecule has 0 fully saturated rings. The van der Waals surface area contributed by atoms with Crippen LogP contribution in [-0.4, -0.2) is 37.2 Å². The van der Waals surface area contributed by atoms with Crippen molar-refractivity contribution in [3.05, 3.63) is 62.0 Å². The summed E-state index contributed by atoms with van der Waals surface area (Å²) >= 11 is 6.19. The first kappa shape index (κ1) is 18.4. The summed E-state index contributed by atoms with van der Waals surface area (Å²) in [6.07, 6.45) is 2.23. The maximum atomic E-state index is 12.7. The highest BCUT2D eigenvalue weighted by molar-refractivity contribution is 6.31. The van der Waals surface area contributed by atoms with Gasteiger partial charge in [-0.3, -0.25) is 13.9 Å². The Labute approximate surface area is 156 Å². The third kappa shape index (κ3) is 3.45. The predicted molar refractivity (Wildman–Crippen MR) is 103 cm³/mol. The van der Waals surface area contributed by atoms with Crippen molar-refractivity contribution in [2.24, 2.45) is 14.1 Å². The first-order valence-corrected chi connectivity index (χ1v) is 8.80. The molecule has 0 aliphatic heterocycles. The van der Waals surface area contributed by atoms with E-state index < -0.39 is 0 Å². The second kappa shape index (κ2) is 7.47. The Balaban J connectivity index is 1.72. The van der Waals surface area contributed by atoms with Crippen molar-refractivity contribution in [1.29, 1.82) is 0 Å². The first-order chi connectivity index (χ1) is 12.4. The molecule has 0 atom stereocenters. The number of hydrogen-bond donors (Lipinski definition) is 0. The number of aryl methyl sites for hydroxylation is 2. The number of hydrogen-bond acceptors (Lipinski definition) is 4. The molecule has 0 amide bonds. The van der Waals surface area contributed by atoms with Crippen LogP contribution in [0, 0.1) is 0 Å². The molecule has 3 rings (SSSR count). The highest BCUT2D eigenvalue weighted by Crippen LogP contribution is 2.16. The van der Waals surface area contributed by atoms with Gasteiger partial charge in [0, 0.05) is 32.2 Å². The van der Waals surface area contributed by atoms with Gasteiger partial charge in [0.1, 0.15) is 0 Å². The van der Waals surface area contributed by atoms with Gasteiger partial charge in [-0.1, -0.05) is 29.8 Å². The Morgan fingerprint density at radius 3 is 2.65 bits per heavy atom. The molecule has 0 aliphatic rings. The van der Waals surface area contributed by atoms with Crippen molar-refractivity contribution >= 4 is 22.8 Å². The monoisotopic (exact) mass is 375 g/mol. The second-order valence-corrected chi connectivity index (χ2v) is 6.92. The minimum atomic E-state index is -0.338. The van der Waals surface area contributed by atoms with Crippen molar-refractivity contribution < 1.29 is 0 Å². The average Bonchev–Trinajstić information content (AvgIpc) is 3.00. The van der Waals surface area contributed by atoms with Crippen molar-refractivity contribution in [3.8, 4) is 0 Å². The lowest BCUT2D eigenvalue weighted by Crippen LogP contribution is -2.40. The van der Waals surface area contributed by atoms with Crippen LogP contribution < -0.4 is 11.2 Å². The zero-order valence-corrected chi connectivity index (χ0v) is 15.9. The molecule has 0 saturated carbocycles. The molecular formula is C18H22ClN5O2. The summed E-state index contributed by atoms with van der Waals surface area (Å²) in [5, 5.41) is 0.742. The normalized spacial score (nSPS) is 11.6. The summed E-state index contributed by atoms with van der Waals surface area (Å²) in [6.45, 7) is 1.82. The fraction of sp³-hybridized carbons (Fsp3) is 0.389. The molecule has 2 aromatic heterocycles. The fourth-order valence-electron chi connectivity index (χ4n) is 3.09. The lowest BCUT2D eigenvalue weighted by Gasteiger charge is -2.17. The van der Waals surface area contributed by atoms with Gasteiger partial charge in [-0.15, -0.1) is 0 Å². The van der Waals surface area contributed by atoms with Crippen LogP contribution in [0.5, 0.6) is 0 Å². The summed E-state index contributed by atoms with van der Waals surface area (Å²) in [5.74, 6) is 0. The van der Waals surface area contributed by atoms with Crippen molar-refractivity contribution in [2.75, 3.05) is 13.6 Å². The minimum absolute atomic E-state index is 0.295. The van der Waals surface area contributed by atoms with Gasteiger partial charge in [-0.25, -0.2) is 9.78 Å². The van der Waals surface area contributed by atoms with Crippen molar-refractivity contribution in [1.82, 2.24) is 23.6 Å². The molecular weight excluding hydrogens is 354 g/mol. The number of aromatic nitrogens is 4. The number of fused-ring (bicyclic) bond motifs is 1. The summed E-state index contributed by atoms with van der Waals surface area (Å²) in [4.78, 5) is 31.4. The van der Waals surface area contributed by atoms with E-state index in [0.717, 1.165) is 17.1 Å². The molecule has 1 aromatic carbocycles. The van der Waals surface area contributed by atoms with Crippen LogP contribution in [0.15, 0.2) is 40.2 Å². The number of nitrogens with zero attached hydrogens (tertiary/aromatic N) is 5. The molecule has 7 nitrogen and oxygen atoms in total. The van der Waals surface area contributed by atoms with Crippen molar-refractivity contribution in [3.63, 3.8) is 0 Å². The topological polar surface area (TPSA) is 65.1 Å². The van der Waals surface area contributed by atoms with Crippen LogP contribution in [0.1, 0.15) is 12.0 Å². The van der Waals surface area contributed by atoms with Crippen LogP contribution in [-0.2, 0) is 27.2 Å². The summed E-state index contributed by atoms with van der Waals surface area (Å²) < 4.78 is 4.36. The minimum Gasteiger partial charge on any atom is -0.328 e. The SMILES string of the molecule is CN(CCCn1c(=O)c2c(ncn2C)n(C)c1=O)Cc1ccccc1Cl. The molecule has 0 bridgehead atoms. The maximum absolute atomic E-state index is 12.7. The summed E-state index contributed by atoms with van der Waals surface area (Å²) in [6, 6.07) is 7.73. The molecule has 0 unspecified atom stereocenters. The third-order valence-electron chi connectivity index (χ3n) is 4.52. The van der Waals surface area contributed by atoms with E-state index >= 15 is 0 Å². The van der Waals surface area contributed by atoms with Gasteiger partial charge in [0.2, 0.25) is 0 Å². The molecule has 0 aliphatic carbocycles. The standard InChI is InChI=1S/C18H22ClN5O2/c1-21(11-13-7-4-5-8-14(13)19)9-6-10-24-17(25)15-16(20-12-22(15)2)23(3)18(24)26/h4-5,7-8,12H,6,9-11H2,1-3H3. The van der Waals surface area contributed by atoms with Gasteiger partial charge in [0.15, 0.2) is 11.2 Å². The zero-order chi connectivity index (χ0) is 18.8. The molecule has 0 N–H and O–H groups in total. The quantitative estimate of drug-likeness (QED) is 0.656. The number of rotatable bonds is 6. The zero-order valence-electron chi connectivity index (χ0n) is 15.1. The van der Waals surface area contributed by atoms with Gasteiger partial charge in [-0.2, -0.15) is 0 Å². The number of halogens is 1. The maximum Gasteiger partial charge on any atom is 0.332 e. The van der Waals surface area contributed by atoms with E-state index in [0.29, 0.717) is 30.7 Å². The van der Waals surface area contributed by atoms with E-state index in [1.807, 2.05) is 31.3 Å². The van der Waals surface area contributed by atoms with E-state index in [1.165, 1.54) is 9.13 Å². The summed E-state index contributed by atoms with van der Waals surface area (Å²) in [7, 11) is 5.38. The Kier molecular flexibility index (Phi) is 5.29. The lowest BCUT2D eigenvalue weighted by molar-refractivity contribution is 0.312. The Morgan fingerprint density at radius 2 is 1.92 bits per heavy atom. The molecule has 0 spiro atoms. The third-order valence-corrected chi connectivity index (χ3v) is 4.89. The highest BCUT2D eigenvalue weighted by atomic mass is 35.5. The van der Waals surface area contributed by atoms with Crippen LogP contribution in [0.3, 0.4) is 0 Å². The van der Waals surface area contributed by atoms with E-state index in [-0.39, 0.29) is 11.2 Å². The fourth-order valence-corrected chi connectivity index (χ4v) is 3.28. The second-order valence-electron chi connectivity index (χ2n) is 6.51. The molecule has 138 valence electrons. The number of benzene rings is 1. The summed E-state index contributed by atoms with van der Waals surface area (Å²) in [5.41, 5.74) is 1.28. The van der Waals surface area contributed by atoms with E-state index in [4.69, 9.17) is 11.6 Å². The van der Waals surface area contributed by atoms with Gasteiger partial charge < -0.3 is 9.47 Å². The van der Waals surface area contributed by atoms with E-state index in [2.05, 4.69) is 9.88 Å². The molecule has 0 saturated heterocycles. The van der Waals surface area contributed by atoms with Crippen LogP contribution in [0.25, 0.3) is 11.2 Å². The average molecular weight is 376 g/mol. The van der Waals surface area contributed by atoms with E-state index in [1.54, 1.807) is 25.0 Å². The Bertz CT molecular complexity index is 1050. The molecule has 2 heterocycles. The van der Waals surface area contributed by atoms with Gasteiger partial charge >= 0.3 is 5.69 Å². The van der Waals surface area contributed by atoms with Crippen LogP contribution in [0.2, 0.25) is 5.02 Å². The lowest BCUT2D eigenvalue weighted by atomic mass is 10.2.